The summed E-state index contributed by atoms with van der Waals surface area (Å²) in [6.07, 6.45) is 0.517. The minimum absolute atomic E-state index is 0.0379. The largest absolute Gasteiger partial charge is 0.198 e. The van der Waals surface area contributed by atoms with E-state index in [1.54, 1.807) is 12.1 Å². The molecule has 0 heterocycles. The average Bonchev–Trinajstić information content (AvgIpc) is 2.05. The fraction of sp³-hybridized carbons (Fsp3) is 0.250. The molecule has 0 bridgehead atoms. The van der Waals surface area contributed by atoms with Crippen LogP contribution in [0.2, 0.25) is 0 Å². The monoisotopic (exact) mass is 134 g/mol. The van der Waals surface area contributed by atoms with Crippen LogP contribution in [0.15, 0.2) is 24.3 Å². The Balaban J connectivity index is 4.72. The molecule has 0 spiro atoms. The van der Waals surface area contributed by atoms with E-state index in [1.807, 2.05) is 0 Å². The molecule has 0 fully saturated rings. The van der Waals surface area contributed by atoms with Gasteiger partial charge in [0.25, 0.3) is 0 Å². The Hall–Kier alpha value is -1.54. The van der Waals surface area contributed by atoms with Gasteiger partial charge in [0.05, 0.1) is 18.6 Å². The topological polar surface area (TPSA) is 47.6 Å². The minimum atomic E-state index is -1.83. The van der Waals surface area contributed by atoms with Gasteiger partial charge < -0.3 is 0 Å². The highest BCUT2D eigenvalue weighted by Gasteiger charge is 1.88. The summed E-state index contributed by atoms with van der Waals surface area (Å²) in [6.45, 7) is 3.26. The number of rotatable bonds is 3. The molecule has 0 amide bonds. The first-order valence-electron chi connectivity index (χ1n) is 3.69. The quantitative estimate of drug-likeness (QED) is 0.437. The Morgan fingerprint density at radius 1 is 1.70 bits per heavy atom. The SMILES string of the molecule is [2H]C([2H])(C=C)/C(C#N)=C/CC#N. The zero-order chi connectivity index (χ0) is 9.61. The lowest BCUT2D eigenvalue weighted by atomic mass is 10.2. The molecule has 0 radical (unpaired) electrons. The van der Waals surface area contributed by atoms with Gasteiger partial charge in [-0.05, 0) is 6.37 Å². The molecule has 0 aromatic rings. The second-order valence-corrected chi connectivity index (χ2v) is 1.44. The molecular formula is C8H8N2. The molecule has 0 aliphatic heterocycles. The summed E-state index contributed by atoms with van der Waals surface area (Å²) in [7, 11) is 0. The van der Waals surface area contributed by atoms with E-state index in [0.717, 1.165) is 6.08 Å². The molecule has 0 unspecified atom stereocenters. The van der Waals surface area contributed by atoms with Crippen LogP contribution in [0.4, 0.5) is 0 Å². The number of nitrogens with zero attached hydrogens (tertiary/aromatic N) is 2. The van der Waals surface area contributed by atoms with Crippen LogP contribution in [0.1, 0.15) is 15.5 Å². The molecule has 0 aromatic carbocycles. The fourth-order valence-electron chi connectivity index (χ4n) is 0.395. The lowest BCUT2D eigenvalue weighted by Crippen LogP contribution is -1.74. The van der Waals surface area contributed by atoms with Crippen molar-refractivity contribution in [1.82, 2.24) is 0 Å². The molecule has 0 aliphatic carbocycles. The Bertz CT molecular complexity index is 278. The van der Waals surface area contributed by atoms with Crippen molar-refractivity contribution in [2.75, 3.05) is 0 Å². The van der Waals surface area contributed by atoms with Crippen LogP contribution in [0.5, 0.6) is 0 Å². The second-order valence-electron chi connectivity index (χ2n) is 1.44. The fourth-order valence-corrected chi connectivity index (χ4v) is 0.395. The van der Waals surface area contributed by atoms with Crippen molar-refractivity contribution in [2.24, 2.45) is 0 Å². The highest BCUT2D eigenvalue weighted by molar-refractivity contribution is 5.23. The normalized spacial score (nSPS) is 14.0. The number of hydrogen-bond acceptors (Lipinski definition) is 2. The molecule has 0 aromatic heterocycles. The van der Waals surface area contributed by atoms with Crippen molar-refractivity contribution in [3.8, 4) is 12.1 Å². The molecule has 0 aliphatic rings. The van der Waals surface area contributed by atoms with E-state index in [2.05, 4.69) is 6.58 Å². The van der Waals surface area contributed by atoms with Crippen LogP contribution in [-0.2, 0) is 0 Å². The Morgan fingerprint density at radius 2 is 2.40 bits per heavy atom. The van der Waals surface area contributed by atoms with E-state index < -0.39 is 6.37 Å². The zero-order valence-electron chi connectivity index (χ0n) is 7.46. The Morgan fingerprint density at radius 3 is 2.80 bits per heavy atom. The highest BCUT2D eigenvalue weighted by Crippen LogP contribution is 2.00. The van der Waals surface area contributed by atoms with E-state index in [-0.39, 0.29) is 12.0 Å². The average molecular weight is 134 g/mol. The van der Waals surface area contributed by atoms with E-state index in [4.69, 9.17) is 13.3 Å². The summed E-state index contributed by atoms with van der Waals surface area (Å²) in [5, 5.41) is 16.7. The maximum Gasteiger partial charge on any atom is 0.0947 e. The van der Waals surface area contributed by atoms with Crippen molar-refractivity contribution < 1.29 is 2.74 Å². The lowest BCUT2D eigenvalue weighted by molar-refractivity contribution is 1.23. The molecule has 0 saturated carbocycles. The van der Waals surface area contributed by atoms with E-state index in [1.165, 1.54) is 6.08 Å². The number of allylic oxidation sites excluding steroid dienone is 3. The predicted octanol–water partition coefficient (Wildman–Crippen LogP) is 1.93. The third-order valence-electron chi connectivity index (χ3n) is 0.775. The first-order valence-corrected chi connectivity index (χ1v) is 2.69. The van der Waals surface area contributed by atoms with Gasteiger partial charge >= 0.3 is 0 Å². The van der Waals surface area contributed by atoms with Gasteiger partial charge in [-0.25, -0.2) is 0 Å². The van der Waals surface area contributed by atoms with Crippen molar-refractivity contribution >= 4 is 0 Å². The minimum Gasteiger partial charge on any atom is -0.198 e. The molecular weight excluding hydrogens is 124 g/mol. The summed E-state index contributed by atoms with van der Waals surface area (Å²) >= 11 is 0. The van der Waals surface area contributed by atoms with Gasteiger partial charge in [-0.15, -0.1) is 6.58 Å². The van der Waals surface area contributed by atoms with Crippen LogP contribution in [0.25, 0.3) is 0 Å². The summed E-state index contributed by atoms with van der Waals surface area (Å²) in [4.78, 5) is 0. The first kappa shape index (κ1) is 5.26. The Kier molecular flexibility index (Phi) is 2.94. The van der Waals surface area contributed by atoms with Crippen LogP contribution in [-0.4, -0.2) is 0 Å². The summed E-state index contributed by atoms with van der Waals surface area (Å²) in [5.74, 6) is 0. The standard InChI is InChI=1S/C8H8N2/c1-2-4-8(7-10)5-3-6-9/h2,5H,1,3-4H2/b8-5-/i4D2. The van der Waals surface area contributed by atoms with Crippen molar-refractivity contribution in [3.63, 3.8) is 0 Å². The van der Waals surface area contributed by atoms with Gasteiger partial charge in [0.2, 0.25) is 0 Å². The third-order valence-corrected chi connectivity index (χ3v) is 0.775. The molecule has 2 heteroatoms. The van der Waals surface area contributed by atoms with E-state index >= 15 is 0 Å². The second kappa shape index (κ2) is 5.59. The van der Waals surface area contributed by atoms with Gasteiger partial charge in [0.1, 0.15) is 0 Å². The van der Waals surface area contributed by atoms with Crippen LogP contribution in [0, 0.1) is 22.7 Å². The lowest BCUT2D eigenvalue weighted by Gasteiger charge is -1.86. The van der Waals surface area contributed by atoms with Crippen molar-refractivity contribution in [1.29, 1.82) is 10.5 Å². The molecule has 0 saturated heterocycles. The zero-order valence-corrected chi connectivity index (χ0v) is 5.46. The smallest absolute Gasteiger partial charge is 0.0947 e. The number of hydrogen-bond donors (Lipinski definition) is 0. The van der Waals surface area contributed by atoms with Gasteiger partial charge in [0, 0.05) is 8.31 Å². The maximum atomic E-state index is 8.50. The summed E-state index contributed by atoms with van der Waals surface area (Å²) in [5.41, 5.74) is -0.0703. The molecule has 0 rings (SSSR count). The van der Waals surface area contributed by atoms with Gasteiger partial charge in [-0.2, -0.15) is 10.5 Å². The molecule has 0 N–H and O–H groups in total. The summed E-state index contributed by atoms with van der Waals surface area (Å²) in [6, 6.07) is 3.49. The van der Waals surface area contributed by atoms with Crippen LogP contribution in [0.3, 0.4) is 0 Å². The molecule has 2 nitrogen and oxygen atoms in total. The van der Waals surface area contributed by atoms with Crippen LogP contribution < -0.4 is 0 Å². The molecule has 10 heavy (non-hydrogen) atoms. The van der Waals surface area contributed by atoms with E-state index in [0.29, 0.717) is 0 Å². The van der Waals surface area contributed by atoms with Gasteiger partial charge in [-0.1, -0.05) is 12.2 Å². The van der Waals surface area contributed by atoms with Gasteiger partial charge in [0.15, 0.2) is 0 Å². The van der Waals surface area contributed by atoms with Crippen molar-refractivity contribution in [3.05, 3.63) is 24.3 Å². The Labute approximate surface area is 63.5 Å². The van der Waals surface area contributed by atoms with Gasteiger partial charge in [-0.3, -0.25) is 0 Å². The number of nitriles is 2. The molecule has 50 valence electrons. The first-order chi connectivity index (χ1) is 5.58. The highest BCUT2D eigenvalue weighted by atomic mass is 14.2. The maximum absolute atomic E-state index is 8.50. The van der Waals surface area contributed by atoms with E-state index in [9.17, 15) is 0 Å². The summed E-state index contributed by atoms with van der Waals surface area (Å²) < 4.78 is 14.5. The molecule has 0 atom stereocenters. The third kappa shape index (κ3) is 3.46. The van der Waals surface area contributed by atoms with Crippen molar-refractivity contribution in [2.45, 2.75) is 12.8 Å². The predicted molar refractivity (Wildman–Crippen MR) is 38.7 cm³/mol. The van der Waals surface area contributed by atoms with Crippen LogP contribution >= 0.6 is 0 Å².